The number of hydrogen-bond donors (Lipinski definition) is 0. The second-order valence-corrected chi connectivity index (χ2v) is 7.03. The number of carbonyl (C=O) groups is 1. The van der Waals surface area contributed by atoms with Gasteiger partial charge in [-0.2, -0.15) is 0 Å². The summed E-state index contributed by atoms with van der Waals surface area (Å²) in [6, 6.07) is 32.0. The van der Waals surface area contributed by atoms with E-state index in [4.69, 9.17) is 4.74 Å². The van der Waals surface area contributed by atoms with Crippen molar-refractivity contribution >= 4 is 16.7 Å². The lowest BCUT2D eigenvalue weighted by molar-refractivity contribution is 0.0727. The van der Waals surface area contributed by atoms with Gasteiger partial charge in [-0.3, -0.25) is 4.79 Å². The fraction of sp³-hybridized carbons (Fsp3) is 0.115. The van der Waals surface area contributed by atoms with Gasteiger partial charge in [-0.15, -0.1) is 0 Å². The minimum atomic E-state index is -0.0414. The van der Waals surface area contributed by atoms with Gasteiger partial charge < -0.3 is 9.64 Å². The molecule has 0 aromatic heterocycles. The van der Waals surface area contributed by atoms with Crippen LogP contribution in [0.3, 0.4) is 0 Å². The Morgan fingerprint density at radius 3 is 1.72 bits per heavy atom. The van der Waals surface area contributed by atoms with Gasteiger partial charge in [0.15, 0.2) is 0 Å². The monoisotopic (exact) mass is 381 g/mol. The summed E-state index contributed by atoms with van der Waals surface area (Å²) in [6.07, 6.45) is 0. The minimum Gasteiger partial charge on any atom is -0.496 e. The number of ether oxygens (including phenoxy) is 1. The quantitative estimate of drug-likeness (QED) is 0.429. The molecule has 3 nitrogen and oxygen atoms in total. The molecule has 0 aliphatic rings. The molecule has 29 heavy (non-hydrogen) atoms. The predicted molar refractivity (Wildman–Crippen MR) is 117 cm³/mol. The van der Waals surface area contributed by atoms with Crippen LogP contribution < -0.4 is 4.74 Å². The number of hydrogen-bond acceptors (Lipinski definition) is 2. The second-order valence-electron chi connectivity index (χ2n) is 7.03. The molecule has 4 aromatic carbocycles. The normalized spacial score (nSPS) is 10.7. The Bertz CT molecular complexity index is 1070. The van der Waals surface area contributed by atoms with Crippen molar-refractivity contribution in [1.29, 1.82) is 0 Å². The van der Waals surface area contributed by atoms with E-state index in [1.807, 2.05) is 102 Å². The molecule has 144 valence electrons. The van der Waals surface area contributed by atoms with E-state index >= 15 is 0 Å². The Balaban J connectivity index is 1.73. The van der Waals surface area contributed by atoms with Crippen LogP contribution in [-0.2, 0) is 13.1 Å². The van der Waals surface area contributed by atoms with Crippen LogP contribution in [0.4, 0.5) is 0 Å². The summed E-state index contributed by atoms with van der Waals surface area (Å²) in [7, 11) is 1.61. The molecule has 0 unspecified atom stereocenters. The highest BCUT2D eigenvalue weighted by molar-refractivity contribution is 6.01. The summed E-state index contributed by atoms with van der Waals surface area (Å²) < 4.78 is 5.58. The van der Waals surface area contributed by atoms with Gasteiger partial charge in [0.1, 0.15) is 5.75 Å². The third-order valence-corrected chi connectivity index (χ3v) is 5.02. The van der Waals surface area contributed by atoms with E-state index in [-0.39, 0.29) is 5.91 Å². The van der Waals surface area contributed by atoms with Crippen LogP contribution in [0.15, 0.2) is 97.1 Å². The van der Waals surface area contributed by atoms with Gasteiger partial charge in [0.2, 0.25) is 0 Å². The number of methoxy groups -OCH3 is 1. The summed E-state index contributed by atoms with van der Waals surface area (Å²) in [5, 5.41) is 2.08. The van der Waals surface area contributed by atoms with Crippen molar-refractivity contribution in [2.24, 2.45) is 0 Å². The van der Waals surface area contributed by atoms with Gasteiger partial charge in [0.25, 0.3) is 5.91 Å². The van der Waals surface area contributed by atoms with E-state index in [9.17, 15) is 4.79 Å². The maximum Gasteiger partial charge on any atom is 0.258 e. The van der Waals surface area contributed by atoms with Crippen molar-refractivity contribution in [2.45, 2.75) is 13.1 Å². The number of amides is 1. The van der Waals surface area contributed by atoms with Crippen molar-refractivity contribution in [3.8, 4) is 5.75 Å². The summed E-state index contributed by atoms with van der Waals surface area (Å²) in [4.78, 5) is 15.5. The summed E-state index contributed by atoms with van der Waals surface area (Å²) in [5.41, 5.74) is 2.77. The number of fused-ring (bicyclic) bond motifs is 1. The number of rotatable bonds is 6. The molecule has 0 aliphatic carbocycles. The van der Waals surface area contributed by atoms with Crippen LogP contribution in [0, 0.1) is 0 Å². The maximum absolute atomic E-state index is 13.6. The zero-order valence-electron chi connectivity index (χ0n) is 16.4. The van der Waals surface area contributed by atoms with Gasteiger partial charge in [-0.1, -0.05) is 84.9 Å². The molecule has 0 fully saturated rings. The molecular weight excluding hydrogens is 358 g/mol. The van der Waals surface area contributed by atoms with E-state index in [0.29, 0.717) is 24.4 Å². The molecule has 0 N–H and O–H groups in total. The Morgan fingerprint density at radius 2 is 1.21 bits per heavy atom. The van der Waals surface area contributed by atoms with Crippen molar-refractivity contribution in [2.75, 3.05) is 7.11 Å². The van der Waals surface area contributed by atoms with E-state index in [1.165, 1.54) is 0 Å². The molecule has 0 saturated carbocycles. The number of nitrogens with zero attached hydrogens (tertiary/aromatic N) is 1. The fourth-order valence-electron chi connectivity index (χ4n) is 3.53. The Hall–Kier alpha value is -3.59. The lowest BCUT2D eigenvalue weighted by Gasteiger charge is -2.24. The van der Waals surface area contributed by atoms with Gasteiger partial charge in [-0.05, 0) is 34.0 Å². The third-order valence-electron chi connectivity index (χ3n) is 5.02. The van der Waals surface area contributed by atoms with E-state index in [2.05, 4.69) is 0 Å². The molecular formula is C26H23NO2. The smallest absolute Gasteiger partial charge is 0.258 e. The molecule has 0 heterocycles. The first-order valence-corrected chi connectivity index (χ1v) is 9.68. The molecule has 0 atom stereocenters. The molecule has 0 bridgehead atoms. The van der Waals surface area contributed by atoms with Crippen LogP contribution in [0.2, 0.25) is 0 Å². The lowest BCUT2D eigenvalue weighted by Crippen LogP contribution is -2.30. The first-order chi connectivity index (χ1) is 14.2. The Kier molecular flexibility index (Phi) is 5.57. The SMILES string of the molecule is COc1cc2ccccc2cc1C(=O)N(Cc1ccccc1)Cc1ccccc1. The zero-order valence-corrected chi connectivity index (χ0v) is 16.4. The fourth-order valence-corrected chi connectivity index (χ4v) is 3.53. The maximum atomic E-state index is 13.6. The number of carbonyl (C=O) groups excluding carboxylic acids is 1. The first-order valence-electron chi connectivity index (χ1n) is 9.68. The van der Waals surface area contributed by atoms with E-state index in [1.54, 1.807) is 7.11 Å². The van der Waals surface area contributed by atoms with Crippen molar-refractivity contribution in [3.05, 3.63) is 114 Å². The van der Waals surface area contributed by atoms with Crippen molar-refractivity contribution in [3.63, 3.8) is 0 Å². The summed E-state index contributed by atoms with van der Waals surface area (Å²) in [5.74, 6) is 0.556. The highest BCUT2D eigenvalue weighted by atomic mass is 16.5. The van der Waals surface area contributed by atoms with Crippen LogP contribution in [0.5, 0.6) is 5.75 Å². The Morgan fingerprint density at radius 1 is 0.724 bits per heavy atom. The highest BCUT2D eigenvalue weighted by Crippen LogP contribution is 2.28. The Labute approximate surface area is 171 Å². The van der Waals surface area contributed by atoms with Gasteiger partial charge in [-0.25, -0.2) is 0 Å². The molecule has 1 amide bonds. The first kappa shape index (κ1) is 18.8. The minimum absolute atomic E-state index is 0.0414. The van der Waals surface area contributed by atoms with Crippen LogP contribution in [0.1, 0.15) is 21.5 Å². The van der Waals surface area contributed by atoms with Gasteiger partial charge in [0.05, 0.1) is 12.7 Å². The van der Waals surface area contributed by atoms with Gasteiger partial charge in [0, 0.05) is 13.1 Å². The molecule has 3 heteroatoms. The molecule has 4 rings (SSSR count). The molecule has 0 radical (unpaired) electrons. The van der Waals surface area contributed by atoms with Crippen LogP contribution >= 0.6 is 0 Å². The van der Waals surface area contributed by atoms with Crippen molar-refractivity contribution < 1.29 is 9.53 Å². The topological polar surface area (TPSA) is 29.5 Å². The molecule has 0 saturated heterocycles. The molecule has 0 aliphatic heterocycles. The van der Waals surface area contributed by atoms with Crippen LogP contribution in [0.25, 0.3) is 10.8 Å². The standard InChI is InChI=1S/C26H23NO2/c1-29-25-17-23-15-9-8-14-22(23)16-24(25)26(28)27(18-20-10-4-2-5-11-20)19-21-12-6-3-7-13-21/h2-17H,18-19H2,1H3. The molecule has 4 aromatic rings. The second kappa shape index (κ2) is 8.61. The van der Waals surface area contributed by atoms with E-state index < -0.39 is 0 Å². The molecule has 0 spiro atoms. The average molecular weight is 381 g/mol. The third kappa shape index (κ3) is 4.30. The van der Waals surface area contributed by atoms with Crippen LogP contribution in [-0.4, -0.2) is 17.9 Å². The number of benzene rings is 4. The largest absolute Gasteiger partial charge is 0.496 e. The van der Waals surface area contributed by atoms with E-state index in [0.717, 1.165) is 21.9 Å². The zero-order chi connectivity index (χ0) is 20.1. The lowest BCUT2D eigenvalue weighted by atomic mass is 10.0. The van der Waals surface area contributed by atoms with Crippen molar-refractivity contribution in [1.82, 2.24) is 4.90 Å². The highest BCUT2D eigenvalue weighted by Gasteiger charge is 2.21. The summed E-state index contributed by atoms with van der Waals surface area (Å²) in [6.45, 7) is 1.06. The summed E-state index contributed by atoms with van der Waals surface area (Å²) >= 11 is 0. The van der Waals surface area contributed by atoms with Gasteiger partial charge >= 0.3 is 0 Å². The average Bonchev–Trinajstić information content (AvgIpc) is 2.78. The predicted octanol–water partition coefficient (Wildman–Crippen LogP) is 5.69.